The molecular formula is C17H18BrNO2. The van der Waals surface area contributed by atoms with Crippen molar-refractivity contribution in [2.24, 2.45) is 5.92 Å². The first-order valence-corrected chi connectivity index (χ1v) is 7.82. The van der Waals surface area contributed by atoms with Crippen molar-refractivity contribution in [1.29, 1.82) is 0 Å². The third-order valence-electron chi connectivity index (χ3n) is 4.14. The third-order valence-corrected chi connectivity index (χ3v) is 4.63. The van der Waals surface area contributed by atoms with Crippen molar-refractivity contribution >= 4 is 21.6 Å². The first kappa shape index (κ1) is 14.4. The fourth-order valence-electron chi connectivity index (χ4n) is 2.88. The Balaban J connectivity index is 2.06. The highest BCUT2D eigenvalue weighted by Crippen LogP contribution is 2.42. The molecule has 0 aliphatic carbocycles. The lowest BCUT2D eigenvalue weighted by Gasteiger charge is -2.43. The van der Waals surface area contributed by atoms with E-state index in [9.17, 15) is 5.11 Å². The largest absolute Gasteiger partial charge is 0.493 e. The molecule has 0 bridgehead atoms. The van der Waals surface area contributed by atoms with E-state index in [1.165, 1.54) is 0 Å². The molecule has 2 aromatic rings. The lowest BCUT2D eigenvalue weighted by molar-refractivity contribution is 0.0995. The Bertz CT molecular complexity index is 646. The Kier molecular flexibility index (Phi) is 3.91. The highest BCUT2D eigenvalue weighted by Gasteiger charge is 2.43. The first-order valence-electron chi connectivity index (χ1n) is 7.02. The Hall–Kier alpha value is -1.52. The number of para-hydroxylation sites is 1. The molecule has 2 N–H and O–H groups in total. The number of halogens is 1. The van der Waals surface area contributed by atoms with E-state index in [4.69, 9.17) is 4.74 Å². The van der Waals surface area contributed by atoms with Gasteiger partial charge in [-0.2, -0.15) is 0 Å². The smallest absolute Gasteiger partial charge is 0.124 e. The summed E-state index contributed by atoms with van der Waals surface area (Å²) in [7, 11) is 0. The number of nitrogens with one attached hydrogen (secondary N) is 1. The van der Waals surface area contributed by atoms with Crippen LogP contribution in [-0.4, -0.2) is 18.3 Å². The standard InChI is InChI=1S/C17H18BrNO2/c1-12-10-21-16-8-3-2-7-15(16)17(12,11-20)19-14-6-4-5-13(18)9-14/h2-9,12,19-20H,10-11H2,1H3. The summed E-state index contributed by atoms with van der Waals surface area (Å²) in [4.78, 5) is 0. The summed E-state index contributed by atoms with van der Waals surface area (Å²) in [6.07, 6.45) is 0. The third kappa shape index (κ3) is 2.54. The summed E-state index contributed by atoms with van der Waals surface area (Å²) < 4.78 is 6.80. The predicted octanol–water partition coefficient (Wildman–Crippen LogP) is 3.78. The highest BCUT2D eigenvalue weighted by atomic mass is 79.9. The first-order chi connectivity index (χ1) is 10.2. The summed E-state index contributed by atoms with van der Waals surface area (Å²) in [5, 5.41) is 13.7. The van der Waals surface area contributed by atoms with Gasteiger partial charge in [0.25, 0.3) is 0 Å². The molecule has 1 heterocycles. The minimum Gasteiger partial charge on any atom is -0.493 e. The monoisotopic (exact) mass is 347 g/mol. The van der Waals surface area contributed by atoms with Crippen LogP contribution in [-0.2, 0) is 5.54 Å². The number of aliphatic hydroxyl groups is 1. The van der Waals surface area contributed by atoms with Gasteiger partial charge >= 0.3 is 0 Å². The number of benzene rings is 2. The van der Waals surface area contributed by atoms with Crippen LogP contribution in [0.3, 0.4) is 0 Å². The van der Waals surface area contributed by atoms with Crippen LogP contribution in [0.2, 0.25) is 0 Å². The molecule has 0 spiro atoms. The van der Waals surface area contributed by atoms with Gasteiger partial charge in [-0.1, -0.05) is 47.1 Å². The molecule has 4 heteroatoms. The number of ether oxygens (including phenoxy) is 1. The second-order valence-corrected chi connectivity index (χ2v) is 6.39. The molecule has 110 valence electrons. The molecule has 21 heavy (non-hydrogen) atoms. The molecule has 0 saturated carbocycles. The van der Waals surface area contributed by atoms with Gasteiger partial charge in [0, 0.05) is 21.6 Å². The molecule has 1 aliphatic rings. The number of rotatable bonds is 3. The quantitative estimate of drug-likeness (QED) is 0.887. The van der Waals surface area contributed by atoms with Crippen molar-refractivity contribution in [2.75, 3.05) is 18.5 Å². The van der Waals surface area contributed by atoms with Crippen molar-refractivity contribution in [3.8, 4) is 5.75 Å². The van der Waals surface area contributed by atoms with E-state index in [0.717, 1.165) is 21.5 Å². The molecule has 0 fully saturated rings. The highest BCUT2D eigenvalue weighted by molar-refractivity contribution is 9.10. The summed E-state index contributed by atoms with van der Waals surface area (Å²) in [6, 6.07) is 15.9. The van der Waals surface area contributed by atoms with Crippen molar-refractivity contribution in [2.45, 2.75) is 12.5 Å². The summed E-state index contributed by atoms with van der Waals surface area (Å²) in [5.74, 6) is 0.989. The molecule has 2 aromatic carbocycles. The van der Waals surface area contributed by atoms with Gasteiger partial charge in [-0.25, -0.2) is 0 Å². The van der Waals surface area contributed by atoms with Crippen molar-refractivity contribution in [1.82, 2.24) is 0 Å². The molecule has 0 aromatic heterocycles. The molecule has 0 radical (unpaired) electrons. The average molecular weight is 348 g/mol. The van der Waals surface area contributed by atoms with Crippen LogP contribution in [0.15, 0.2) is 53.0 Å². The Morgan fingerprint density at radius 1 is 1.29 bits per heavy atom. The second kappa shape index (κ2) is 5.70. The van der Waals surface area contributed by atoms with Crippen LogP contribution in [0.5, 0.6) is 5.75 Å². The maximum Gasteiger partial charge on any atom is 0.124 e. The molecule has 0 amide bonds. The summed E-state index contributed by atoms with van der Waals surface area (Å²) in [5.41, 5.74) is 1.45. The minimum atomic E-state index is -0.532. The van der Waals surface area contributed by atoms with Gasteiger partial charge in [-0.05, 0) is 24.3 Å². The van der Waals surface area contributed by atoms with E-state index >= 15 is 0 Å². The predicted molar refractivity (Wildman–Crippen MR) is 87.6 cm³/mol. The zero-order valence-electron chi connectivity index (χ0n) is 11.8. The van der Waals surface area contributed by atoms with Crippen molar-refractivity contribution in [3.63, 3.8) is 0 Å². The molecule has 3 rings (SSSR count). The van der Waals surface area contributed by atoms with Gasteiger partial charge in [-0.15, -0.1) is 0 Å². The number of hydrogen-bond acceptors (Lipinski definition) is 3. The van der Waals surface area contributed by atoms with Crippen LogP contribution >= 0.6 is 15.9 Å². The molecule has 0 saturated heterocycles. The Morgan fingerprint density at radius 2 is 2.10 bits per heavy atom. The molecule has 3 nitrogen and oxygen atoms in total. The van der Waals surface area contributed by atoms with Crippen LogP contribution in [0, 0.1) is 5.92 Å². The van der Waals surface area contributed by atoms with Gasteiger partial charge in [0.15, 0.2) is 0 Å². The van der Waals surface area contributed by atoms with Gasteiger partial charge in [0.1, 0.15) is 5.75 Å². The van der Waals surface area contributed by atoms with Gasteiger partial charge < -0.3 is 15.2 Å². The van der Waals surface area contributed by atoms with E-state index < -0.39 is 5.54 Å². The SMILES string of the molecule is CC1COc2ccccc2C1(CO)Nc1cccc(Br)c1. The molecule has 2 unspecified atom stereocenters. The van der Waals surface area contributed by atoms with E-state index in [1.54, 1.807) is 0 Å². The maximum atomic E-state index is 10.2. The second-order valence-electron chi connectivity index (χ2n) is 5.47. The van der Waals surface area contributed by atoms with Gasteiger partial charge in [0.2, 0.25) is 0 Å². The lowest BCUT2D eigenvalue weighted by atomic mass is 9.77. The Morgan fingerprint density at radius 3 is 2.86 bits per heavy atom. The van der Waals surface area contributed by atoms with Crippen molar-refractivity contribution in [3.05, 3.63) is 58.6 Å². The molecular weight excluding hydrogens is 330 g/mol. The van der Waals surface area contributed by atoms with Crippen LogP contribution < -0.4 is 10.1 Å². The maximum absolute atomic E-state index is 10.2. The van der Waals surface area contributed by atoms with Gasteiger partial charge in [0.05, 0.1) is 18.8 Å². The fourth-order valence-corrected chi connectivity index (χ4v) is 3.28. The van der Waals surface area contributed by atoms with E-state index in [-0.39, 0.29) is 12.5 Å². The number of hydrogen-bond donors (Lipinski definition) is 2. The van der Waals surface area contributed by atoms with Crippen LogP contribution in [0.1, 0.15) is 12.5 Å². The zero-order valence-corrected chi connectivity index (χ0v) is 13.4. The molecule has 2 atom stereocenters. The normalized spacial score (nSPS) is 24.0. The number of anilines is 1. The average Bonchev–Trinajstić information content (AvgIpc) is 2.50. The van der Waals surface area contributed by atoms with Crippen LogP contribution in [0.4, 0.5) is 5.69 Å². The van der Waals surface area contributed by atoms with Crippen LogP contribution in [0.25, 0.3) is 0 Å². The topological polar surface area (TPSA) is 41.5 Å². The van der Waals surface area contributed by atoms with Crippen molar-refractivity contribution < 1.29 is 9.84 Å². The summed E-state index contributed by atoms with van der Waals surface area (Å²) >= 11 is 3.49. The zero-order chi connectivity index (χ0) is 14.9. The number of aliphatic hydroxyl groups excluding tert-OH is 1. The lowest BCUT2D eigenvalue weighted by Crippen LogP contribution is -2.49. The number of fused-ring (bicyclic) bond motifs is 1. The van der Waals surface area contributed by atoms with E-state index in [0.29, 0.717) is 6.61 Å². The summed E-state index contributed by atoms with van der Waals surface area (Å²) in [6.45, 7) is 2.69. The minimum absolute atomic E-state index is 0.0149. The fraction of sp³-hybridized carbons (Fsp3) is 0.294. The molecule has 1 aliphatic heterocycles. The Labute approximate surface area is 133 Å². The van der Waals surface area contributed by atoms with E-state index in [1.807, 2.05) is 48.5 Å². The van der Waals surface area contributed by atoms with Gasteiger partial charge in [-0.3, -0.25) is 0 Å². The van der Waals surface area contributed by atoms with E-state index in [2.05, 4.69) is 28.2 Å².